The van der Waals surface area contributed by atoms with Gasteiger partial charge in [0.15, 0.2) is 0 Å². The molecule has 1 heterocycles. The first-order chi connectivity index (χ1) is 5.05. The number of aliphatic hydroxyl groups excluding tert-OH is 1. The summed E-state index contributed by atoms with van der Waals surface area (Å²) in [5.74, 6) is 0. The molecule has 0 spiro atoms. The third kappa shape index (κ3) is 2.04. The summed E-state index contributed by atoms with van der Waals surface area (Å²) >= 11 is 0. The predicted molar refractivity (Wildman–Crippen MR) is 44.4 cm³/mol. The van der Waals surface area contributed by atoms with Gasteiger partial charge in [-0.15, -0.1) is 6.58 Å². The first-order valence-corrected chi connectivity index (χ1v) is 4.03. The summed E-state index contributed by atoms with van der Waals surface area (Å²) in [4.78, 5) is 0. The van der Waals surface area contributed by atoms with Gasteiger partial charge in [-0.1, -0.05) is 6.08 Å². The largest absolute Gasteiger partial charge is 0.386 e. The van der Waals surface area contributed by atoms with Crippen molar-refractivity contribution in [2.45, 2.75) is 44.5 Å². The Labute approximate surface area is 67.9 Å². The van der Waals surface area contributed by atoms with Crippen LogP contribution in [0.15, 0.2) is 12.7 Å². The van der Waals surface area contributed by atoms with E-state index < -0.39 is 6.10 Å². The second-order valence-electron chi connectivity index (χ2n) is 3.68. The van der Waals surface area contributed by atoms with E-state index in [4.69, 9.17) is 4.74 Å². The Bertz CT molecular complexity index is 152. The lowest BCUT2D eigenvalue weighted by Crippen LogP contribution is -2.27. The second-order valence-corrected chi connectivity index (χ2v) is 3.68. The molecule has 1 rings (SSSR count). The van der Waals surface area contributed by atoms with Gasteiger partial charge in [0.05, 0.1) is 17.8 Å². The Kier molecular flexibility index (Phi) is 2.35. The van der Waals surface area contributed by atoms with Crippen molar-refractivity contribution in [2.75, 3.05) is 0 Å². The molecule has 2 unspecified atom stereocenters. The molecule has 0 bridgehead atoms. The highest BCUT2D eigenvalue weighted by atomic mass is 16.5. The smallest absolute Gasteiger partial charge is 0.0980 e. The van der Waals surface area contributed by atoms with Crippen molar-refractivity contribution < 1.29 is 9.84 Å². The lowest BCUT2D eigenvalue weighted by molar-refractivity contribution is -0.0568. The summed E-state index contributed by atoms with van der Waals surface area (Å²) in [5, 5.41) is 9.35. The molecule has 0 amide bonds. The molecule has 0 aromatic carbocycles. The number of aliphatic hydroxyl groups is 1. The zero-order chi connectivity index (χ0) is 8.48. The average molecular weight is 156 g/mol. The molecule has 2 atom stereocenters. The molecule has 2 heteroatoms. The SMILES string of the molecule is C=CC(O)C1CCC(C)(C)O1. The van der Waals surface area contributed by atoms with E-state index in [0.29, 0.717) is 0 Å². The molecule has 0 aromatic rings. The molecule has 1 saturated heterocycles. The van der Waals surface area contributed by atoms with E-state index in [9.17, 15) is 5.11 Å². The van der Waals surface area contributed by atoms with Crippen LogP contribution in [0.3, 0.4) is 0 Å². The second kappa shape index (κ2) is 2.95. The predicted octanol–water partition coefficient (Wildman–Crippen LogP) is 1.49. The molecule has 1 N–H and O–H groups in total. The van der Waals surface area contributed by atoms with Crippen LogP contribution in [-0.4, -0.2) is 22.9 Å². The Morgan fingerprint density at radius 3 is 2.73 bits per heavy atom. The zero-order valence-corrected chi connectivity index (χ0v) is 7.21. The summed E-state index contributed by atoms with van der Waals surface area (Å²) in [7, 11) is 0. The van der Waals surface area contributed by atoms with Crippen LogP contribution in [0.4, 0.5) is 0 Å². The van der Waals surface area contributed by atoms with Crippen molar-refractivity contribution in [3.8, 4) is 0 Å². The lowest BCUT2D eigenvalue weighted by Gasteiger charge is -2.20. The highest BCUT2D eigenvalue weighted by Crippen LogP contribution is 2.30. The van der Waals surface area contributed by atoms with Crippen LogP contribution in [-0.2, 0) is 4.74 Å². The fourth-order valence-electron chi connectivity index (χ4n) is 1.41. The molecule has 1 aliphatic heterocycles. The molecule has 1 fully saturated rings. The third-order valence-electron chi connectivity index (χ3n) is 2.12. The van der Waals surface area contributed by atoms with E-state index >= 15 is 0 Å². The van der Waals surface area contributed by atoms with Crippen LogP contribution in [0, 0.1) is 0 Å². The van der Waals surface area contributed by atoms with Gasteiger partial charge in [0, 0.05) is 0 Å². The molecule has 1 aliphatic rings. The molecule has 2 nitrogen and oxygen atoms in total. The Morgan fingerprint density at radius 2 is 2.36 bits per heavy atom. The maximum atomic E-state index is 9.35. The van der Waals surface area contributed by atoms with Crippen molar-refractivity contribution in [3.05, 3.63) is 12.7 Å². The fourth-order valence-corrected chi connectivity index (χ4v) is 1.41. The quantitative estimate of drug-likeness (QED) is 0.614. The average Bonchev–Trinajstić information content (AvgIpc) is 2.29. The van der Waals surface area contributed by atoms with E-state index in [1.165, 1.54) is 6.08 Å². The third-order valence-corrected chi connectivity index (χ3v) is 2.12. The number of hydrogen-bond acceptors (Lipinski definition) is 2. The minimum Gasteiger partial charge on any atom is -0.386 e. The Balaban J connectivity index is 2.47. The van der Waals surface area contributed by atoms with Crippen LogP contribution in [0.2, 0.25) is 0 Å². The van der Waals surface area contributed by atoms with E-state index in [1.54, 1.807) is 0 Å². The van der Waals surface area contributed by atoms with Gasteiger partial charge < -0.3 is 9.84 Å². The fraction of sp³-hybridized carbons (Fsp3) is 0.778. The standard InChI is InChI=1S/C9H16O2/c1-4-7(10)8-5-6-9(2,3)11-8/h4,7-8,10H,1,5-6H2,2-3H3. The van der Waals surface area contributed by atoms with E-state index in [0.717, 1.165) is 12.8 Å². The van der Waals surface area contributed by atoms with E-state index in [-0.39, 0.29) is 11.7 Å². The first-order valence-electron chi connectivity index (χ1n) is 4.03. The normalized spacial score (nSPS) is 31.7. The molecular formula is C9H16O2. The minimum atomic E-state index is -0.503. The lowest BCUT2D eigenvalue weighted by atomic mass is 10.0. The van der Waals surface area contributed by atoms with Crippen molar-refractivity contribution in [1.82, 2.24) is 0 Å². The Morgan fingerprint density at radius 1 is 1.73 bits per heavy atom. The maximum Gasteiger partial charge on any atom is 0.0980 e. The molecule has 0 aromatic heterocycles. The van der Waals surface area contributed by atoms with Gasteiger partial charge in [0.25, 0.3) is 0 Å². The van der Waals surface area contributed by atoms with Crippen molar-refractivity contribution in [1.29, 1.82) is 0 Å². The summed E-state index contributed by atoms with van der Waals surface area (Å²) in [5.41, 5.74) is -0.0609. The minimum absolute atomic E-state index is 0.0394. The highest BCUT2D eigenvalue weighted by molar-refractivity contribution is 4.91. The van der Waals surface area contributed by atoms with Crippen LogP contribution in [0.1, 0.15) is 26.7 Å². The summed E-state index contributed by atoms with van der Waals surface area (Å²) in [6.07, 6.45) is 2.94. The summed E-state index contributed by atoms with van der Waals surface area (Å²) in [6, 6.07) is 0. The number of ether oxygens (including phenoxy) is 1. The van der Waals surface area contributed by atoms with Gasteiger partial charge in [0.1, 0.15) is 0 Å². The van der Waals surface area contributed by atoms with Crippen LogP contribution in [0.5, 0.6) is 0 Å². The van der Waals surface area contributed by atoms with Crippen molar-refractivity contribution in [3.63, 3.8) is 0 Å². The first kappa shape index (κ1) is 8.75. The van der Waals surface area contributed by atoms with E-state index in [2.05, 4.69) is 6.58 Å². The van der Waals surface area contributed by atoms with Crippen LogP contribution >= 0.6 is 0 Å². The van der Waals surface area contributed by atoms with Gasteiger partial charge >= 0.3 is 0 Å². The molecule has 11 heavy (non-hydrogen) atoms. The summed E-state index contributed by atoms with van der Waals surface area (Å²) in [6.45, 7) is 7.61. The number of rotatable bonds is 2. The topological polar surface area (TPSA) is 29.5 Å². The maximum absolute atomic E-state index is 9.35. The van der Waals surface area contributed by atoms with E-state index in [1.807, 2.05) is 13.8 Å². The monoisotopic (exact) mass is 156 g/mol. The zero-order valence-electron chi connectivity index (χ0n) is 7.21. The highest BCUT2D eigenvalue weighted by Gasteiger charge is 2.34. The van der Waals surface area contributed by atoms with Crippen molar-refractivity contribution >= 4 is 0 Å². The van der Waals surface area contributed by atoms with Crippen molar-refractivity contribution in [2.24, 2.45) is 0 Å². The van der Waals surface area contributed by atoms with Gasteiger partial charge in [-0.3, -0.25) is 0 Å². The molecule has 0 saturated carbocycles. The van der Waals surface area contributed by atoms with Crippen LogP contribution in [0.25, 0.3) is 0 Å². The molecule has 64 valence electrons. The molecular weight excluding hydrogens is 140 g/mol. The molecule has 0 radical (unpaired) electrons. The van der Waals surface area contributed by atoms with Gasteiger partial charge in [0.2, 0.25) is 0 Å². The van der Waals surface area contributed by atoms with Crippen LogP contribution < -0.4 is 0 Å². The van der Waals surface area contributed by atoms with Gasteiger partial charge in [-0.05, 0) is 26.7 Å². The summed E-state index contributed by atoms with van der Waals surface area (Å²) < 4.78 is 5.58. The Hall–Kier alpha value is -0.340. The van der Waals surface area contributed by atoms with Gasteiger partial charge in [-0.2, -0.15) is 0 Å². The number of hydrogen-bond donors (Lipinski definition) is 1. The van der Waals surface area contributed by atoms with Gasteiger partial charge in [-0.25, -0.2) is 0 Å². The molecule has 0 aliphatic carbocycles.